The minimum atomic E-state index is -3.61. The molecule has 14 heavy (non-hydrogen) atoms. The van der Waals surface area contributed by atoms with Gasteiger partial charge >= 0.3 is 0 Å². The highest BCUT2D eigenvalue weighted by Crippen LogP contribution is 2.22. The van der Waals surface area contributed by atoms with Gasteiger partial charge in [-0.25, -0.2) is 18.5 Å². The third-order valence-corrected chi connectivity index (χ3v) is 4.08. The maximum absolute atomic E-state index is 10.9. The maximum atomic E-state index is 10.9. The van der Waals surface area contributed by atoms with Crippen molar-refractivity contribution in [2.45, 2.75) is 30.5 Å². The molecule has 1 aromatic rings. The highest BCUT2D eigenvalue weighted by Gasteiger charge is 2.13. The first kappa shape index (κ1) is 11.4. The molecule has 1 heterocycles. The van der Waals surface area contributed by atoms with Crippen LogP contribution in [0.25, 0.3) is 0 Å². The number of nitrogens with two attached hydrogens (primary N) is 1. The van der Waals surface area contributed by atoms with Crippen molar-refractivity contribution in [1.29, 1.82) is 0 Å². The first-order valence-corrected chi connectivity index (χ1v) is 6.55. The summed E-state index contributed by atoms with van der Waals surface area (Å²) in [6.45, 7) is 4.03. The Balaban J connectivity index is 2.79. The lowest BCUT2D eigenvalue weighted by atomic mass is 10.3. The van der Waals surface area contributed by atoms with Gasteiger partial charge in [-0.15, -0.1) is 0 Å². The molecule has 0 aliphatic carbocycles. The zero-order valence-corrected chi connectivity index (χ0v) is 9.65. The summed E-state index contributed by atoms with van der Waals surface area (Å²) >= 11 is 1.05. The van der Waals surface area contributed by atoms with Gasteiger partial charge < -0.3 is 5.32 Å². The summed E-state index contributed by atoms with van der Waals surface area (Å²) in [5.74, 6) is 0. The zero-order valence-electron chi connectivity index (χ0n) is 8.02. The highest BCUT2D eigenvalue weighted by molar-refractivity contribution is 7.91. The Bertz CT molecular complexity index is 399. The Hall–Kier alpha value is -0.660. The monoisotopic (exact) mass is 235 g/mol. The van der Waals surface area contributed by atoms with Crippen LogP contribution in [-0.4, -0.2) is 19.4 Å². The van der Waals surface area contributed by atoms with Crippen molar-refractivity contribution in [3.8, 4) is 0 Å². The van der Waals surface area contributed by atoms with Crippen molar-refractivity contribution in [2.75, 3.05) is 5.32 Å². The van der Waals surface area contributed by atoms with Gasteiger partial charge in [-0.2, -0.15) is 0 Å². The molecule has 0 bridgehead atoms. The minimum Gasteiger partial charge on any atom is -0.359 e. The molecule has 80 valence electrons. The second-order valence-electron chi connectivity index (χ2n) is 2.98. The van der Waals surface area contributed by atoms with Crippen molar-refractivity contribution in [3.05, 3.63) is 6.20 Å². The Kier molecular flexibility index (Phi) is 3.46. The molecule has 0 saturated carbocycles. The van der Waals surface area contributed by atoms with Crippen molar-refractivity contribution in [2.24, 2.45) is 5.14 Å². The molecule has 0 aliphatic heterocycles. The predicted octanol–water partition coefficient (Wildman–Crippen LogP) is 1.00. The fourth-order valence-electron chi connectivity index (χ4n) is 0.770. The molecule has 0 radical (unpaired) electrons. The number of sulfonamides is 1. The predicted molar refractivity (Wildman–Crippen MR) is 56.9 cm³/mol. The summed E-state index contributed by atoms with van der Waals surface area (Å²) in [5.41, 5.74) is 0. The lowest BCUT2D eigenvalue weighted by molar-refractivity contribution is 0.599. The van der Waals surface area contributed by atoms with Crippen LogP contribution >= 0.6 is 11.3 Å². The second-order valence-corrected chi connectivity index (χ2v) is 5.80. The van der Waals surface area contributed by atoms with Gasteiger partial charge in [0.2, 0.25) is 10.0 Å². The van der Waals surface area contributed by atoms with E-state index in [1.165, 1.54) is 6.20 Å². The quantitative estimate of drug-likeness (QED) is 0.815. The fourth-order valence-corrected chi connectivity index (χ4v) is 2.33. The van der Waals surface area contributed by atoms with E-state index in [0.717, 1.165) is 17.8 Å². The Labute approximate surface area is 87.4 Å². The summed E-state index contributed by atoms with van der Waals surface area (Å²) in [6, 6.07) is 0.273. The molecule has 1 unspecified atom stereocenters. The molecular weight excluding hydrogens is 222 g/mol. The topological polar surface area (TPSA) is 85.1 Å². The van der Waals surface area contributed by atoms with Gasteiger partial charge in [0, 0.05) is 6.04 Å². The van der Waals surface area contributed by atoms with Gasteiger partial charge in [-0.3, -0.25) is 0 Å². The van der Waals surface area contributed by atoms with Gasteiger partial charge in [0.1, 0.15) is 0 Å². The average molecular weight is 235 g/mol. The van der Waals surface area contributed by atoms with Crippen molar-refractivity contribution >= 4 is 26.5 Å². The average Bonchev–Trinajstić information content (AvgIpc) is 2.51. The van der Waals surface area contributed by atoms with Gasteiger partial charge in [0.15, 0.2) is 9.34 Å². The SMILES string of the molecule is CCC(C)Nc1ncc(S(N)(=O)=O)s1. The molecular formula is C7H13N3O2S2. The molecule has 1 atom stereocenters. The van der Waals surface area contributed by atoms with Gasteiger partial charge in [-0.1, -0.05) is 18.3 Å². The molecule has 1 aromatic heterocycles. The number of nitrogens with zero attached hydrogens (tertiary/aromatic N) is 1. The zero-order chi connectivity index (χ0) is 10.8. The van der Waals surface area contributed by atoms with E-state index in [1.54, 1.807) is 0 Å². The number of aromatic nitrogens is 1. The van der Waals surface area contributed by atoms with Crippen LogP contribution < -0.4 is 10.5 Å². The molecule has 0 spiro atoms. The van der Waals surface area contributed by atoms with E-state index in [2.05, 4.69) is 10.3 Å². The molecule has 7 heteroatoms. The van der Waals surface area contributed by atoms with Crippen LogP contribution in [0.15, 0.2) is 10.4 Å². The molecule has 1 rings (SSSR count). The number of anilines is 1. The van der Waals surface area contributed by atoms with Gasteiger partial charge in [-0.05, 0) is 13.3 Å². The van der Waals surface area contributed by atoms with Gasteiger partial charge in [0.25, 0.3) is 0 Å². The lowest BCUT2D eigenvalue weighted by Crippen LogP contribution is -2.12. The summed E-state index contributed by atoms with van der Waals surface area (Å²) in [6.07, 6.45) is 2.22. The number of primary sulfonamides is 1. The summed E-state index contributed by atoms with van der Waals surface area (Å²) < 4.78 is 21.9. The normalized spacial score (nSPS) is 13.9. The van der Waals surface area contributed by atoms with Gasteiger partial charge in [0.05, 0.1) is 6.20 Å². The van der Waals surface area contributed by atoms with Crippen molar-refractivity contribution < 1.29 is 8.42 Å². The van der Waals surface area contributed by atoms with E-state index in [4.69, 9.17) is 5.14 Å². The van der Waals surface area contributed by atoms with Crippen LogP contribution in [0.4, 0.5) is 5.13 Å². The van der Waals surface area contributed by atoms with Crippen LogP contribution in [0.5, 0.6) is 0 Å². The second kappa shape index (κ2) is 4.24. The van der Waals surface area contributed by atoms with E-state index in [1.807, 2.05) is 13.8 Å². The molecule has 5 nitrogen and oxygen atoms in total. The number of thiazole rings is 1. The summed E-state index contributed by atoms with van der Waals surface area (Å²) in [7, 11) is -3.61. The largest absolute Gasteiger partial charge is 0.359 e. The highest BCUT2D eigenvalue weighted by atomic mass is 32.2. The number of nitrogens with one attached hydrogen (secondary N) is 1. The molecule has 0 saturated heterocycles. The third-order valence-electron chi connectivity index (χ3n) is 1.75. The Morgan fingerprint density at radius 3 is 2.79 bits per heavy atom. The van der Waals surface area contributed by atoms with E-state index in [0.29, 0.717) is 5.13 Å². The standard InChI is InChI=1S/C7H13N3O2S2/c1-3-5(2)10-7-9-4-6(13-7)14(8,11)12/h4-5H,3H2,1-2H3,(H,9,10)(H2,8,11,12). The van der Waals surface area contributed by atoms with Crippen LogP contribution in [0.3, 0.4) is 0 Å². The summed E-state index contributed by atoms with van der Waals surface area (Å²) in [5, 5.41) is 8.61. The lowest BCUT2D eigenvalue weighted by Gasteiger charge is -2.08. The molecule has 0 amide bonds. The van der Waals surface area contributed by atoms with Crippen LogP contribution in [0.2, 0.25) is 0 Å². The number of rotatable bonds is 4. The number of hydrogen-bond acceptors (Lipinski definition) is 5. The molecule has 0 aromatic carbocycles. The van der Waals surface area contributed by atoms with E-state index in [9.17, 15) is 8.42 Å². The first-order chi connectivity index (χ1) is 6.43. The maximum Gasteiger partial charge on any atom is 0.249 e. The van der Waals surface area contributed by atoms with E-state index in [-0.39, 0.29) is 10.3 Å². The molecule has 0 aliphatic rings. The fraction of sp³-hybridized carbons (Fsp3) is 0.571. The van der Waals surface area contributed by atoms with Crippen LogP contribution in [0.1, 0.15) is 20.3 Å². The third kappa shape index (κ3) is 2.93. The Morgan fingerprint density at radius 2 is 2.36 bits per heavy atom. The van der Waals surface area contributed by atoms with Crippen LogP contribution in [0, 0.1) is 0 Å². The smallest absolute Gasteiger partial charge is 0.249 e. The van der Waals surface area contributed by atoms with E-state index < -0.39 is 10.0 Å². The van der Waals surface area contributed by atoms with Crippen molar-refractivity contribution in [1.82, 2.24) is 4.98 Å². The molecule has 0 fully saturated rings. The van der Waals surface area contributed by atoms with E-state index >= 15 is 0 Å². The van der Waals surface area contributed by atoms with Crippen LogP contribution in [-0.2, 0) is 10.0 Å². The first-order valence-electron chi connectivity index (χ1n) is 4.18. The Morgan fingerprint density at radius 1 is 1.71 bits per heavy atom. The number of hydrogen-bond donors (Lipinski definition) is 2. The molecule has 3 N–H and O–H groups in total. The summed E-state index contributed by atoms with van der Waals surface area (Å²) in [4.78, 5) is 3.92. The van der Waals surface area contributed by atoms with Crippen molar-refractivity contribution in [3.63, 3.8) is 0 Å². The minimum absolute atomic E-state index is 0.0864.